The zero-order valence-corrected chi connectivity index (χ0v) is 16.1. The highest BCUT2D eigenvalue weighted by molar-refractivity contribution is 6.34. The summed E-state index contributed by atoms with van der Waals surface area (Å²) in [6.45, 7) is 0.991. The van der Waals surface area contributed by atoms with Crippen LogP contribution in [0.5, 0.6) is 0 Å². The van der Waals surface area contributed by atoms with Crippen LogP contribution in [-0.2, 0) is 0 Å². The molecule has 1 atom stereocenters. The van der Waals surface area contributed by atoms with Crippen LogP contribution in [0, 0.1) is 10.1 Å². The molecule has 2 aromatic carbocycles. The number of nitro groups is 1. The smallest absolute Gasteiger partial charge is 0.270 e. The van der Waals surface area contributed by atoms with Crippen molar-refractivity contribution in [3.8, 4) is 11.4 Å². The van der Waals surface area contributed by atoms with Crippen LogP contribution in [0.25, 0.3) is 11.4 Å². The van der Waals surface area contributed by atoms with E-state index < -0.39 is 4.92 Å². The SMILES string of the molecule is O=C(c1ccc([N+](=O)[O-])cc1Cl)N1CCC[C@H](c2nc(-c3ccccc3)no2)C1. The fourth-order valence-electron chi connectivity index (χ4n) is 3.43. The molecule has 0 N–H and O–H groups in total. The molecule has 0 spiro atoms. The largest absolute Gasteiger partial charge is 0.339 e. The molecule has 0 radical (unpaired) electrons. The van der Waals surface area contributed by atoms with E-state index in [0.717, 1.165) is 18.4 Å². The van der Waals surface area contributed by atoms with Crippen molar-refractivity contribution in [2.45, 2.75) is 18.8 Å². The van der Waals surface area contributed by atoms with Gasteiger partial charge in [-0.1, -0.05) is 47.1 Å². The third-order valence-electron chi connectivity index (χ3n) is 4.93. The van der Waals surface area contributed by atoms with E-state index in [1.165, 1.54) is 18.2 Å². The Kier molecular flexibility index (Phi) is 5.26. The summed E-state index contributed by atoms with van der Waals surface area (Å²) < 4.78 is 5.46. The van der Waals surface area contributed by atoms with Crippen molar-refractivity contribution >= 4 is 23.2 Å². The van der Waals surface area contributed by atoms with Gasteiger partial charge in [0.25, 0.3) is 11.6 Å². The highest BCUT2D eigenvalue weighted by atomic mass is 35.5. The van der Waals surface area contributed by atoms with Crippen molar-refractivity contribution in [3.63, 3.8) is 0 Å². The first-order chi connectivity index (χ1) is 14.0. The predicted molar refractivity (Wildman–Crippen MR) is 106 cm³/mol. The molecule has 0 aliphatic carbocycles. The van der Waals surface area contributed by atoms with Gasteiger partial charge in [-0.25, -0.2) is 0 Å². The van der Waals surface area contributed by atoms with Gasteiger partial charge < -0.3 is 9.42 Å². The Hall–Kier alpha value is -3.26. The minimum atomic E-state index is -0.545. The van der Waals surface area contributed by atoms with E-state index in [4.69, 9.17) is 16.1 Å². The van der Waals surface area contributed by atoms with Crippen LogP contribution >= 0.6 is 11.6 Å². The van der Waals surface area contributed by atoms with E-state index in [1.54, 1.807) is 4.90 Å². The van der Waals surface area contributed by atoms with Crippen LogP contribution in [0.15, 0.2) is 53.1 Å². The zero-order chi connectivity index (χ0) is 20.4. The second kappa shape index (κ2) is 8.00. The number of hydrogen-bond donors (Lipinski definition) is 0. The van der Waals surface area contributed by atoms with E-state index in [0.29, 0.717) is 24.8 Å². The fourth-order valence-corrected chi connectivity index (χ4v) is 3.69. The van der Waals surface area contributed by atoms with Crippen molar-refractivity contribution in [1.29, 1.82) is 0 Å². The van der Waals surface area contributed by atoms with Crippen molar-refractivity contribution in [2.75, 3.05) is 13.1 Å². The summed E-state index contributed by atoms with van der Waals surface area (Å²) in [6, 6.07) is 13.4. The number of piperidine rings is 1. The van der Waals surface area contributed by atoms with Crippen LogP contribution in [-0.4, -0.2) is 39.0 Å². The molecule has 29 heavy (non-hydrogen) atoms. The van der Waals surface area contributed by atoms with Gasteiger partial charge >= 0.3 is 0 Å². The topological polar surface area (TPSA) is 102 Å². The Morgan fingerprint density at radius 2 is 2.03 bits per heavy atom. The van der Waals surface area contributed by atoms with Gasteiger partial charge in [0.1, 0.15) is 0 Å². The van der Waals surface area contributed by atoms with E-state index in [1.807, 2.05) is 30.3 Å². The number of benzene rings is 2. The number of amides is 1. The molecule has 1 aliphatic rings. The number of aromatic nitrogens is 2. The van der Waals surface area contributed by atoms with Gasteiger partial charge in [-0.2, -0.15) is 4.98 Å². The first-order valence-electron chi connectivity index (χ1n) is 9.15. The van der Waals surface area contributed by atoms with Crippen molar-refractivity contribution in [1.82, 2.24) is 15.0 Å². The van der Waals surface area contributed by atoms with Gasteiger partial charge in [-0.15, -0.1) is 0 Å². The molecule has 1 fully saturated rings. The van der Waals surface area contributed by atoms with Gasteiger partial charge in [0.05, 0.1) is 21.4 Å². The summed E-state index contributed by atoms with van der Waals surface area (Å²) in [5, 5.41) is 15.0. The van der Waals surface area contributed by atoms with Crippen molar-refractivity contribution in [3.05, 3.63) is 75.1 Å². The fraction of sp³-hybridized carbons (Fsp3) is 0.250. The molecule has 4 rings (SSSR count). The quantitative estimate of drug-likeness (QED) is 0.467. The third-order valence-corrected chi connectivity index (χ3v) is 5.24. The Morgan fingerprint density at radius 3 is 2.76 bits per heavy atom. The minimum Gasteiger partial charge on any atom is -0.339 e. The molecule has 3 aromatic rings. The maximum Gasteiger partial charge on any atom is 0.270 e. The molecule has 1 aliphatic heterocycles. The van der Waals surface area contributed by atoms with Gasteiger partial charge in [-0.3, -0.25) is 14.9 Å². The first kappa shape index (κ1) is 19.1. The molecule has 0 bridgehead atoms. The highest BCUT2D eigenvalue weighted by Crippen LogP contribution is 2.30. The molecule has 1 aromatic heterocycles. The summed E-state index contributed by atoms with van der Waals surface area (Å²) in [7, 11) is 0. The van der Waals surface area contributed by atoms with Crippen LogP contribution < -0.4 is 0 Å². The molecule has 1 amide bonds. The Bertz CT molecular complexity index is 1050. The van der Waals surface area contributed by atoms with E-state index in [2.05, 4.69) is 10.1 Å². The number of hydrogen-bond acceptors (Lipinski definition) is 6. The number of halogens is 1. The van der Waals surface area contributed by atoms with E-state index >= 15 is 0 Å². The van der Waals surface area contributed by atoms with Gasteiger partial charge in [0.2, 0.25) is 11.7 Å². The first-order valence-corrected chi connectivity index (χ1v) is 9.53. The second-order valence-electron chi connectivity index (χ2n) is 6.83. The summed E-state index contributed by atoms with van der Waals surface area (Å²) >= 11 is 6.12. The van der Waals surface area contributed by atoms with Crippen LogP contribution in [0.3, 0.4) is 0 Å². The summed E-state index contributed by atoms with van der Waals surface area (Å²) in [4.78, 5) is 29.4. The van der Waals surface area contributed by atoms with E-state index in [-0.39, 0.29) is 28.1 Å². The molecule has 8 nitrogen and oxygen atoms in total. The lowest BCUT2D eigenvalue weighted by molar-refractivity contribution is -0.384. The number of likely N-dealkylation sites (tertiary alicyclic amines) is 1. The molecule has 0 unspecified atom stereocenters. The molecular formula is C20H17ClN4O4. The zero-order valence-electron chi connectivity index (χ0n) is 15.3. The van der Waals surface area contributed by atoms with Gasteiger partial charge in [0, 0.05) is 30.8 Å². The van der Waals surface area contributed by atoms with Gasteiger partial charge in [0.15, 0.2) is 0 Å². The Balaban J connectivity index is 1.51. The Labute approximate surface area is 171 Å². The molecule has 148 valence electrons. The van der Waals surface area contributed by atoms with E-state index in [9.17, 15) is 14.9 Å². The summed E-state index contributed by atoms with van der Waals surface area (Å²) in [5.74, 6) is 0.672. The van der Waals surface area contributed by atoms with Crippen molar-refractivity contribution < 1.29 is 14.2 Å². The Morgan fingerprint density at radius 1 is 1.24 bits per heavy atom. The van der Waals surface area contributed by atoms with Crippen LogP contribution in [0.2, 0.25) is 5.02 Å². The van der Waals surface area contributed by atoms with Gasteiger partial charge in [-0.05, 0) is 18.9 Å². The normalized spacial score (nSPS) is 16.6. The maximum atomic E-state index is 12.9. The molecule has 9 heteroatoms. The molecule has 2 heterocycles. The lowest BCUT2D eigenvalue weighted by Gasteiger charge is -2.31. The third kappa shape index (κ3) is 3.97. The number of non-ortho nitro benzene ring substituents is 1. The van der Waals surface area contributed by atoms with Crippen LogP contribution in [0.1, 0.15) is 35.0 Å². The van der Waals surface area contributed by atoms with Crippen LogP contribution in [0.4, 0.5) is 5.69 Å². The average Bonchev–Trinajstić information content (AvgIpc) is 3.24. The van der Waals surface area contributed by atoms with Crippen molar-refractivity contribution in [2.24, 2.45) is 0 Å². The number of carbonyl (C=O) groups is 1. The summed E-state index contributed by atoms with van der Waals surface area (Å²) in [6.07, 6.45) is 1.61. The molecule has 1 saturated heterocycles. The monoisotopic (exact) mass is 412 g/mol. The lowest BCUT2D eigenvalue weighted by atomic mass is 9.97. The predicted octanol–water partition coefficient (Wildman–Crippen LogP) is 4.32. The second-order valence-corrected chi connectivity index (χ2v) is 7.24. The minimum absolute atomic E-state index is 0.0653. The number of carbonyl (C=O) groups excluding carboxylic acids is 1. The average molecular weight is 413 g/mol. The molecular weight excluding hydrogens is 396 g/mol. The number of nitro benzene ring substituents is 1. The maximum absolute atomic E-state index is 12.9. The number of nitrogens with zero attached hydrogens (tertiary/aromatic N) is 4. The lowest BCUT2D eigenvalue weighted by Crippen LogP contribution is -2.39. The highest BCUT2D eigenvalue weighted by Gasteiger charge is 2.30. The number of rotatable bonds is 4. The summed E-state index contributed by atoms with van der Waals surface area (Å²) in [5.41, 5.74) is 0.958. The molecule has 0 saturated carbocycles. The standard InChI is InChI=1S/C20H17ClN4O4/c21-17-11-15(25(27)28)8-9-16(17)20(26)24-10-4-7-14(12-24)19-22-18(23-29-19)13-5-2-1-3-6-13/h1-3,5-6,8-9,11,14H,4,7,10,12H2/t14-/m0/s1.